The lowest BCUT2D eigenvalue weighted by atomic mass is 9.87. The van der Waals surface area contributed by atoms with Gasteiger partial charge in [0, 0.05) is 25.8 Å². The summed E-state index contributed by atoms with van der Waals surface area (Å²) in [4.78, 5) is 14.6. The molecule has 6 heteroatoms. The summed E-state index contributed by atoms with van der Waals surface area (Å²) in [6, 6.07) is 6.95. The third-order valence-corrected chi connectivity index (χ3v) is 6.18. The number of halogens is 2. The molecule has 1 saturated heterocycles. The molecule has 0 unspecified atom stereocenters. The predicted molar refractivity (Wildman–Crippen MR) is 116 cm³/mol. The van der Waals surface area contributed by atoms with Crippen LogP contribution in [0.2, 0.25) is 5.02 Å². The van der Waals surface area contributed by atoms with Crippen molar-refractivity contribution >= 4 is 17.3 Å². The molecule has 1 fully saturated rings. The average Bonchev–Trinajstić information content (AvgIpc) is 2.69. The fourth-order valence-corrected chi connectivity index (χ4v) is 4.25. The standard InChI is InChI=1S/C23H30ClFN2O2/c1-4-5-11-27-14-10-20(21(24)22(27)28)26-12-8-16(9-13-26)18-7-6-17(15-19(18)25)23(2,3)29/h6-7,10,14-16,29H,4-5,8-9,11-13H2,1-3H3. The van der Waals surface area contributed by atoms with E-state index >= 15 is 0 Å². The molecule has 1 aromatic carbocycles. The Balaban J connectivity index is 1.71. The zero-order valence-electron chi connectivity index (χ0n) is 17.4. The summed E-state index contributed by atoms with van der Waals surface area (Å²) in [5.74, 6) is -0.148. The molecule has 3 rings (SSSR count). The van der Waals surface area contributed by atoms with E-state index in [1.807, 2.05) is 12.3 Å². The van der Waals surface area contributed by atoms with Crippen molar-refractivity contribution in [1.29, 1.82) is 0 Å². The molecular weight excluding hydrogens is 391 g/mol. The maximum atomic E-state index is 14.7. The molecule has 0 atom stereocenters. The molecule has 1 N–H and O–H groups in total. The van der Waals surface area contributed by atoms with Gasteiger partial charge in [0.05, 0.1) is 11.3 Å². The first-order chi connectivity index (χ1) is 13.7. The van der Waals surface area contributed by atoms with Crippen molar-refractivity contribution in [2.24, 2.45) is 0 Å². The van der Waals surface area contributed by atoms with Crippen molar-refractivity contribution < 1.29 is 9.50 Å². The topological polar surface area (TPSA) is 45.5 Å². The molecule has 2 aromatic rings. The van der Waals surface area contributed by atoms with Gasteiger partial charge < -0.3 is 14.6 Å². The second-order valence-corrected chi connectivity index (χ2v) is 8.80. The van der Waals surface area contributed by atoms with Crippen molar-refractivity contribution in [1.82, 2.24) is 4.57 Å². The second kappa shape index (κ2) is 8.88. The van der Waals surface area contributed by atoms with Gasteiger partial charge in [-0.2, -0.15) is 0 Å². The third kappa shape index (κ3) is 4.84. The quantitative estimate of drug-likeness (QED) is 0.711. The molecule has 0 bridgehead atoms. The first kappa shape index (κ1) is 21.8. The van der Waals surface area contributed by atoms with Gasteiger partial charge in [0.2, 0.25) is 0 Å². The first-order valence-electron chi connectivity index (χ1n) is 10.4. The lowest BCUT2D eigenvalue weighted by Gasteiger charge is -2.34. The zero-order chi connectivity index (χ0) is 21.2. The van der Waals surface area contributed by atoms with Crippen LogP contribution in [-0.4, -0.2) is 22.8 Å². The van der Waals surface area contributed by atoms with Crippen molar-refractivity contribution in [2.75, 3.05) is 18.0 Å². The van der Waals surface area contributed by atoms with E-state index in [0.717, 1.165) is 44.5 Å². The Bertz CT molecular complexity index is 912. The number of benzene rings is 1. The summed E-state index contributed by atoms with van der Waals surface area (Å²) in [6.07, 6.45) is 5.36. The molecule has 0 amide bonds. The molecule has 1 aliphatic heterocycles. The highest BCUT2D eigenvalue weighted by Gasteiger charge is 2.26. The summed E-state index contributed by atoms with van der Waals surface area (Å²) in [5, 5.41) is 10.3. The maximum Gasteiger partial charge on any atom is 0.271 e. The number of piperidine rings is 1. The van der Waals surface area contributed by atoms with Crippen molar-refractivity contribution in [2.45, 2.75) is 64.5 Å². The van der Waals surface area contributed by atoms with Gasteiger partial charge >= 0.3 is 0 Å². The lowest BCUT2D eigenvalue weighted by Crippen LogP contribution is -2.35. The van der Waals surface area contributed by atoms with E-state index in [9.17, 15) is 14.3 Å². The Hall–Kier alpha value is -1.85. The number of hydrogen-bond donors (Lipinski definition) is 1. The highest BCUT2D eigenvalue weighted by atomic mass is 35.5. The number of anilines is 1. The molecule has 4 nitrogen and oxygen atoms in total. The normalized spacial score (nSPS) is 15.7. The number of nitrogens with zero attached hydrogens (tertiary/aromatic N) is 2. The first-order valence-corrected chi connectivity index (χ1v) is 10.8. The van der Waals surface area contributed by atoms with Gasteiger partial charge in [-0.1, -0.05) is 37.1 Å². The second-order valence-electron chi connectivity index (χ2n) is 8.42. The molecular formula is C23H30ClFN2O2. The van der Waals surface area contributed by atoms with Crippen LogP contribution in [0.25, 0.3) is 0 Å². The number of pyridine rings is 1. The number of hydrogen-bond acceptors (Lipinski definition) is 3. The molecule has 0 spiro atoms. The molecule has 0 aliphatic carbocycles. The summed E-state index contributed by atoms with van der Waals surface area (Å²) in [5.41, 5.74) is 0.829. The molecule has 2 heterocycles. The predicted octanol–water partition coefficient (Wildman–Crippen LogP) is 5.05. The van der Waals surface area contributed by atoms with Crippen LogP contribution in [0.4, 0.5) is 10.1 Å². The van der Waals surface area contributed by atoms with Crippen molar-refractivity contribution in [3.8, 4) is 0 Å². The molecule has 0 saturated carbocycles. The third-order valence-electron chi connectivity index (χ3n) is 5.82. The highest BCUT2D eigenvalue weighted by molar-refractivity contribution is 6.33. The van der Waals surface area contributed by atoms with Crippen LogP contribution in [0.3, 0.4) is 0 Å². The molecule has 158 valence electrons. The summed E-state index contributed by atoms with van der Waals surface area (Å²) < 4.78 is 16.3. The molecule has 0 radical (unpaired) electrons. The summed E-state index contributed by atoms with van der Waals surface area (Å²) in [6.45, 7) is 7.51. The van der Waals surface area contributed by atoms with E-state index in [2.05, 4.69) is 11.8 Å². The van der Waals surface area contributed by atoms with Crippen molar-refractivity contribution in [3.05, 3.63) is 62.8 Å². The smallest absolute Gasteiger partial charge is 0.271 e. The number of unbranched alkanes of at least 4 members (excludes halogenated alkanes) is 1. The SMILES string of the molecule is CCCCn1ccc(N2CCC(c3ccc(C(C)(C)O)cc3F)CC2)c(Cl)c1=O. The minimum atomic E-state index is -1.06. The number of aliphatic hydroxyl groups is 1. The fourth-order valence-electron chi connectivity index (χ4n) is 3.96. The lowest BCUT2D eigenvalue weighted by molar-refractivity contribution is 0.0782. The molecule has 1 aliphatic rings. The average molecular weight is 421 g/mol. The minimum Gasteiger partial charge on any atom is -0.386 e. The Labute approximate surface area is 176 Å². The molecule has 29 heavy (non-hydrogen) atoms. The highest BCUT2D eigenvalue weighted by Crippen LogP contribution is 2.34. The van der Waals surface area contributed by atoms with Crippen LogP contribution in [0, 0.1) is 5.82 Å². The van der Waals surface area contributed by atoms with Crippen LogP contribution in [0.1, 0.15) is 63.5 Å². The summed E-state index contributed by atoms with van der Waals surface area (Å²) in [7, 11) is 0. The fraction of sp³-hybridized carbons (Fsp3) is 0.522. The van der Waals surface area contributed by atoms with Gasteiger partial charge in [-0.3, -0.25) is 4.79 Å². The maximum absolute atomic E-state index is 14.7. The van der Waals surface area contributed by atoms with Gasteiger partial charge in [0.15, 0.2) is 0 Å². The largest absolute Gasteiger partial charge is 0.386 e. The van der Waals surface area contributed by atoms with Crippen LogP contribution in [0.15, 0.2) is 35.3 Å². The van der Waals surface area contributed by atoms with Gasteiger partial charge in [0.1, 0.15) is 10.8 Å². The van der Waals surface area contributed by atoms with Crippen LogP contribution in [0.5, 0.6) is 0 Å². The monoisotopic (exact) mass is 420 g/mol. The number of aryl methyl sites for hydroxylation is 1. The Kier molecular flexibility index (Phi) is 6.69. The van der Waals surface area contributed by atoms with E-state index < -0.39 is 5.60 Å². The van der Waals surface area contributed by atoms with E-state index in [1.54, 1.807) is 30.5 Å². The number of rotatable bonds is 6. The molecule has 1 aromatic heterocycles. The Morgan fingerprint density at radius 1 is 1.24 bits per heavy atom. The van der Waals surface area contributed by atoms with Crippen LogP contribution in [-0.2, 0) is 12.1 Å². The summed E-state index contributed by atoms with van der Waals surface area (Å²) >= 11 is 6.39. The van der Waals surface area contributed by atoms with E-state index in [-0.39, 0.29) is 22.3 Å². The van der Waals surface area contributed by atoms with Gasteiger partial charge in [-0.25, -0.2) is 4.39 Å². The van der Waals surface area contributed by atoms with Gasteiger partial charge in [0.25, 0.3) is 5.56 Å². The minimum absolute atomic E-state index is 0.116. The van der Waals surface area contributed by atoms with Gasteiger partial charge in [-0.15, -0.1) is 0 Å². The number of aromatic nitrogens is 1. The Morgan fingerprint density at radius 2 is 1.93 bits per heavy atom. The van der Waals surface area contributed by atoms with E-state index in [0.29, 0.717) is 17.7 Å². The van der Waals surface area contributed by atoms with Gasteiger partial charge in [-0.05, 0) is 62.3 Å². The van der Waals surface area contributed by atoms with E-state index in [4.69, 9.17) is 11.6 Å². The van der Waals surface area contributed by atoms with E-state index in [1.165, 1.54) is 6.07 Å². The zero-order valence-corrected chi connectivity index (χ0v) is 18.2. The Morgan fingerprint density at radius 3 is 2.52 bits per heavy atom. The van der Waals surface area contributed by atoms with Crippen LogP contribution >= 0.6 is 11.6 Å². The van der Waals surface area contributed by atoms with Crippen LogP contribution < -0.4 is 10.5 Å². The van der Waals surface area contributed by atoms with Crippen molar-refractivity contribution in [3.63, 3.8) is 0 Å².